The van der Waals surface area contributed by atoms with Crippen LogP contribution in [0.4, 0.5) is 0 Å². The standard InChI is InChI=1S/C14H13N3S/c1-9(12-8-16-14(18)17-12)11-6-2-4-10-5-3-7-15-13(10)11/h2-9H,1H3,(H2,16,17,18). The fourth-order valence-electron chi connectivity index (χ4n) is 2.22. The third-order valence-electron chi connectivity index (χ3n) is 3.21. The molecule has 0 radical (unpaired) electrons. The molecule has 90 valence electrons. The first-order valence-electron chi connectivity index (χ1n) is 5.87. The molecule has 2 aromatic heterocycles. The summed E-state index contributed by atoms with van der Waals surface area (Å²) in [7, 11) is 0. The number of hydrogen-bond donors (Lipinski definition) is 2. The van der Waals surface area contributed by atoms with Gasteiger partial charge in [-0.2, -0.15) is 0 Å². The van der Waals surface area contributed by atoms with Gasteiger partial charge in [-0.05, 0) is 23.8 Å². The second kappa shape index (κ2) is 4.38. The number of hydrogen-bond acceptors (Lipinski definition) is 2. The van der Waals surface area contributed by atoms with E-state index in [9.17, 15) is 0 Å². The fourth-order valence-corrected chi connectivity index (χ4v) is 2.40. The Morgan fingerprint density at radius 3 is 2.83 bits per heavy atom. The van der Waals surface area contributed by atoms with Gasteiger partial charge in [-0.15, -0.1) is 0 Å². The molecule has 0 aliphatic rings. The summed E-state index contributed by atoms with van der Waals surface area (Å²) in [4.78, 5) is 10.7. The highest BCUT2D eigenvalue weighted by Gasteiger charge is 2.13. The van der Waals surface area contributed by atoms with Crippen molar-refractivity contribution in [2.24, 2.45) is 0 Å². The maximum absolute atomic E-state index is 5.07. The van der Waals surface area contributed by atoms with Crippen molar-refractivity contribution in [2.45, 2.75) is 12.8 Å². The van der Waals surface area contributed by atoms with Crippen molar-refractivity contribution in [1.82, 2.24) is 15.0 Å². The van der Waals surface area contributed by atoms with Gasteiger partial charge < -0.3 is 9.97 Å². The lowest BCUT2D eigenvalue weighted by Crippen LogP contribution is -1.98. The first-order valence-corrected chi connectivity index (χ1v) is 6.28. The molecule has 4 heteroatoms. The Kier molecular flexibility index (Phi) is 2.72. The van der Waals surface area contributed by atoms with Crippen LogP contribution in [0.1, 0.15) is 24.1 Å². The molecule has 2 N–H and O–H groups in total. The first kappa shape index (κ1) is 11.2. The van der Waals surface area contributed by atoms with E-state index in [0.717, 1.165) is 16.6 Å². The van der Waals surface area contributed by atoms with E-state index in [1.165, 1.54) is 5.56 Å². The molecule has 0 amide bonds. The molecule has 0 spiro atoms. The number of nitrogens with zero attached hydrogens (tertiary/aromatic N) is 1. The van der Waals surface area contributed by atoms with Gasteiger partial charge in [0.2, 0.25) is 0 Å². The van der Waals surface area contributed by atoms with Gasteiger partial charge in [0.15, 0.2) is 4.77 Å². The minimum atomic E-state index is 0.233. The van der Waals surface area contributed by atoms with Crippen molar-refractivity contribution in [3.63, 3.8) is 0 Å². The molecule has 3 rings (SSSR count). The van der Waals surface area contributed by atoms with Crippen LogP contribution in [-0.4, -0.2) is 15.0 Å². The Bertz CT molecular complexity index is 736. The Balaban J connectivity index is 2.17. The average molecular weight is 255 g/mol. The predicted molar refractivity (Wildman–Crippen MR) is 75.2 cm³/mol. The number of nitrogens with one attached hydrogen (secondary N) is 2. The number of aromatic nitrogens is 3. The van der Waals surface area contributed by atoms with Crippen molar-refractivity contribution in [1.29, 1.82) is 0 Å². The van der Waals surface area contributed by atoms with Crippen molar-refractivity contribution in [3.8, 4) is 0 Å². The fraction of sp³-hybridized carbons (Fsp3) is 0.143. The molecule has 18 heavy (non-hydrogen) atoms. The number of fused-ring (bicyclic) bond motifs is 1. The van der Waals surface area contributed by atoms with Crippen LogP contribution in [0.25, 0.3) is 10.9 Å². The first-order chi connectivity index (χ1) is 8.75. The van der Waals surface area contributed by atoms with Gasteiger partial charge >= 0.3 is 0 Å². The minimum absolute atomic E-state index is 0.233. The van der Waals surface area contributed by atoms with E-state index in [-0.39, 0.29) is 5.92 Å². The molecule has 3 nitrogen and oxygen atoms in total. The predicted octanol–water partition coefficient (Wildman–Crippen LogP) is 3.77. The molecule has 0 fully saturated rings. The van der Waals surface area contributed by atoms with Crippen molar-refractivity contribution in [3.05, 3.63) is 58.8 Å². The van der Waals surface area contributed by atoms with Gasteiger partial charge in [0.1, 0.15) is 0 Å². The maximum atomic E-state index is 5.07. The summed E-state index contributed by atoms with van der Waals surface area (Å²) in [5.41, 5.74) is 3.34. The highest BCUT2D eigenvalue weighted by atomic mass is 32.1. The number of H-pyrrole nitrogens is 2. The molecule has 1 unspecified atom stereocenters. The maximum Gasteiger partial charge on any atom is 0.174 e. The summed E-state index contributed by atoms with van der Waals surface area (Å²) in [5, 5.41) is 1.16. The van der Waals surface area contributed by atoms with Crippen LogP contribution in [0, 0.1) is 4.77 Å². The van der Waals surface area contributed by atoms with Crippen LogP contribution in [0.15, 0.2) is 42.7 Å². The Morgan fingerprint density at radius 1 is 1.22 bits per heavy atom. The molecule has 0 saturated carbocycles. The molecule has 2 heterocycles. The Morgan fingerprint density at radius 2 is 2.06 bits per heavy atom. The normalized spacial score (nSPS) is 12.7. The number of para-hydroxylation sites is 1. The third kappa shape index (κ3) is 1.84. The van der Waals surface area contributed by atoms with Crippen LogP contribution in [0.5, 0.6) is 0 Å². The summed E-state index contributed by atoms with van der Waals surface area (Å²) < 4.78 is 0.657. The SMILES string of the molecule is CC(c1c[nH]c(=S)[nH]1)c1cccc2cccnc12. The van der Waals surface area contributed by atoms with E-state index in [2.05, 4.69) is 46.1 Å². The Hall–Kier alpha value is -1.94. The number of benzene rings is 1. The zero-order chi connectivity index (χ0) is 12.5. The monoisotopic (exact) mass is 255 g/mol. The molecule has 1 aromatic carbocycles. The summed E-state index contributed by atoms with van der Waals surface area (Å²) in [5.74, 6) is 0.233. The zero-order valence-electron chi connectivity index (χ0n) is 9.97. The molecule has 0 bridgehead atoms. The smallest absolute Gasteiger partial charge is 0.174 e. The van der Waals surface area contributed by atoms with Crippen LogP contribution in [0.2, 0.25) is 0 Å². The van der Waals surface area contributed by atoms with Crippen LogP contribution >= 0.6 is 12.2 Å². The van der Waals surface area contributed by atoms with E-state index in [4.69, 9.17) is 12.2 Å². The van der Waals surface area contributed by atoms with Gasteiger partial charge in [-0.25, -0.2) is 0 Å². The lowest BCUT2D eigenvalue weighted by molar-refractivity contribution is 0.887. The third-order valence-corrected chi connectivity index (χ3v) is 3.43. The number of pyridine rings is 1. The van der Waals surface area contributed by atoms with Gasteiger partial charge in [0, 0.05) is 29.4 Å². The number of aromatic amines is 2. The lowest BCUT2D eigenvalue weighted by Gasteiger charge is -2.12. The lowest BCUT2D eigenvalue weighted by atomic mass is 9.96. The molecular formula is C14H13N3S. The second-order valence-electron chi connectivity index (χ2n) is 4.34. The summed E-state index contributed by atoms with van der Waals surface area (Å²) in [6.07, 6.45) is 3.76. The molecule has 0 aliphatic heterocycles. The molecule has 1 atom stereocenters. The average Bonchev–Trinajstić information content (AvgIpc) is 2.84. The van der Waals surface area contributed by atoms with E-state index in [1.807, 2.05) is 18.5 Å². The second-order valence-corrected chi connectivity index (χ2v) is 4.75. The highest BCUT2D eigenvalue weighted by molar-refractivity contribution is 7.71. The van der Waals surface area contributed by atoms with Crippen LogP contribution < -0.4 is 0 Å². The molecule has 0 aliphatic carbocycles. The van der Waals surface area contributed by atoms with E-state index >= 15 is 0 Å². The van der Waals surface area contributed by atoms with Crippen molar-refractivity contribution < 1.29 is 0 Å². The Labute approximate surface area is 110 Å². The van der Waals surface area contributed by atoms with Gasteiger partial charge in [-0.3, -0.25) is 4.98 Å². The molecular weight excluding hydrogens is 242 g/mol. The summed E-state index contributed by atoms with van der Waals surface area (Å²) >= 11 is 5.07. The van der Waals surface area contributed by atoms with E-state index < -0.39 is 0 Å². The summed E-state index contributed by atoms with van der Waals surface area (Å²) in [6.45, 7) is 2.15. The minimum Gasteiger partial charge on any atom is -0.337 e. The van der Waals surface area contributed by atoms with Crippen molar-refractivity contribution >= 4 is 23.1 Å². The largest absolute Gasteiger partial charge is 0.337 e. The number of imidazole rings is 1. The molecule has 0 saturated heterocycles. The van der Waals surface area contributed by atoms with Crippen LogP contribution in [-0.2, 0) is 0 Å². The number of rotatable bonds is 2. The van der Waals surface area contributed by atoms with Crippen LogP contribution in [0.3, 0.4) is 0 Å². The summed E-state index contributed by atoms with van der Waals surface area (Å²) in [6, 6.07) is 10.3. The van der Waals surface area contributed by atoms with E-state index in [0.29, 0.717) is 4.77 Å². The molecule has 3 aromatic rings. The topological polar surface area (TPSA) is 44.5 Å². The van der Waals surface area contributed by atoms with Gasteiger partial charge in [-0.1, -0.05) is 31.2 Å². The van der Waals surface area contributed by atoms with Gasteiger partial charge in [0.05, 0.1) is 5.52 Å². The van der Waals surface area contributed by atoms with Gasteiger partial charge in [0.25, 0.3) is 0 Å². The quantitative estimate of drug-likeness (QED) is 0.685. The zero-order valence-corrected chi connectivity index (χ0v) is 10.8. The highest BCUT2D eigenvalue weighted by Crippen LogP contribution is 2.27. The van der Waals surface area contributed by atoms with Crippen molar-refractivity contribution in [2.75, 3.05) is 0 Å². The van der Waals surface area contributed by atoms with E-state index in [1.54, 1.807) is 0 Å².